The predicted octanol–water partition coefficient (Wildman–Crippen LogP) is 2.37. The summed E-state index contributed by atoms with van der Waals surface area (Å²) < 4.78 is 51.5. The van der Waals surface area contributed by atoms with E-state index < -0.39 is 36.5 Å². The van der Waals surface area contributed by atoms with E-state index in [1.54, 1.807) is 0 Å². The van der Waals surface area contributed by atoms with Crippen LogP contribution >= 0.6 is 0 Å². The van der Waals surface area contributed by atoms with E-state index in [9.17, 15) is 22.4 Å². The van der Waals surface area contributed by atoms with Gasteiger partial charge >= 0.3 is 12.3 Å². The molecule has 2 saturated carbocycles. The number of rotatable bonds is 4. The minimum atomic E-state index is -4.14. The van der Waals surface area contributed by atoms with Crippen LogP contribution in [-0.2, 0) is 4.79 Å². The standard InChI is InChI=1S/C13H18F4N2O/c14-10(15)13(16,17)7-19-9(8-3-1-2-4-8)18-12(5-6-12)11(19)20/h8-10,18H,1-7H2. The maximum Gasteiger partial charge on any atom is 0.324 e. The third-order valence-electron chi connectivity index (χ3n) is 4.73. The Morgan fingerprint density at radius 1 is 1.30 bits per heavy atom. The van der Waals surface area contributed by atoms with Gasteiger partial charge in [-0.3, -0.25) is 10.1 Å². The van der Waals surface area contributed by atoms with Crippen molar-refractivity contribution < 1.29 is 22.4 Å². The molecule has 2 aliphatic carbocycles. The molecule has 0 aromatic carbocycles. The number of amides is 1. The molecular formula is C13H18F4N2O. The summed E-state index contributed by atoms with van der Waals surface area (Å²) in [7, 11) is 0. The number of halogens is 4. The summed E-state index contributed by atoms with van der Waals surface area (Å²) in [6.45, 7) is -1.18. The molecule has 114 valence electrons. The van der Waals surface area contributed by atoms with Crippen LogP contribution in [-0.4, -0.2) is 41.4 Å². The van der Waals surface area contributed by atoms with Crippen LogP contribution in [0.3, 0.4) is 0 Å². The molecule has 1 spiro atoms. The number of alkyl halides is 4. The fraction of sp³-hybridized carbons (Fsp3) is 0.923. The number of carbonyl (C=O) groups excluding carboxylic acids is 1. The smallest absolute Gasteiger partial charge is 0.319 e. The Balaban J connectivity index is 1.79. The van der Waals surface area contributed by atoms with Crippen molar-refractivity contribution in [2.45, 2.75) is 62.6 Å². The summed E-state index contributed by atoms with van der Waals surface area (Å²) in [4.78, 5) is 13.2. The highest BCUT2D eigenvalue weighted by Crippen LogP contribution is 2.46. The van der Waals surface area contributed by atoms with Gasteiger partial charge in [0.2, 0.25) is 5.91 Å². The van der Waals surface area contributed by atoms with Gasteiger partial charge < -0.3 is 4.90 Å². The molecule has 3 aliphatic rings. The molecule has 3 fully saturated rings. The highest BCUT2D eigenvalue weighted by molar-refractivity contribution is 5.91. The van der Waals surface area contributed by atoms with Gasteiger partial charge in [-0.05, 0) is 31.6 Å². The van der Waals surface area contributed by atoms with Crippen LogP contribution in [0.1, 0.15) is 38.5 Å². The molecule has 1 amide bonds. The molecule has 0 aromatic heterocycles. The largest absolute Gasteiger partial charge is 0.324 e. The molecule has 1 unspecified atom stereocenters. The number of nitrogens with zero attached hydrogens (tertiary/aromatic N) is 1. The molecule has 1 atom stereocenters. The van der Waals surface area contributed by atoms with Crippen LogP contribution in [0, 0.1) is 5.92 Å². The van der Waals surface area contributed by atoms with E-state index in [1.807, 2.05) is 0 Å². The molecule has 1 aliphatic heterocycles. The SMILES string of the molecule is O=C1N(CC(F)(F)C(F)F)C(C2CCCC2)NC12CC2. The molecule has 3 rings (SSSR count). The lowest BCUT2D eigenvalue weighted by Gasteiger charge is -2.31. The Bertz CT molecular complexity index is 405. The van der Waals surface area contributed by atoms with Crippen molar-refractivity contribution in [1.29, 1.82) is 0 Å². The number of hydrogen-bond donors (Lipinski definition) is 1. The van der Waals surface area contributed by atoms with Crippen molar-refractivity contribution in [2.24, 2.45) is 5.92 Å². The number of carbonyl (C=O) groups is 1. The molecule has 1 heterocycles. The Morgan fingerprint density at radius 3 is 2.40 bits per heavy atom. The third kappa shape index (κ3) is 2.19. The minimum absolute atomic E-state index is 0.104. The van der Waals surface area contributed by atoms with Crippen molar-refractivity contribution in [1.82, 2.24) is 10.2 Å². The van der Waals surface area contributed by atoms with E-state index in [1.165, 1.54) is 0 Å². The lowest BCUT2D eigenvalue weighted by Crippen LogP contribution is -2.49. The van der Waals surface area contributed by atoms with Gasteiger partial charge in [-0.25, -0.2) is 8.78 Å². The van der Waals surface area contributed by atoms with Crippen LogP contribution < -0.4 is 5.32 Å². The van der Waals surface area contributed by atoms with Gasteiger partial charge in [0.1, 0.15) is 0 Å². The fourth-order valence-electron chi connectivity index (χ4n) is 3.42. The van der Waals surface area contributed by atoms with Gasteiger partial charge in [0.25, 0.3) is 0 Å². The molecule has 20 heavy (non-hydrogen) atoms. The zero-order valence-electron chi connectivity index (χ0n) is 11.0. The highest BCUT2D eigenvalue weighted by atomic mass is 19.3. The Morgan fingerprint density at radius 2 is 1.90 bits per heavy atom. The van der Waals surface area contributed by atoms with Crippen LogP contribution in [0.25, 0.3) is 0 Å². The summed E-state index contributed by atoms with van der Waals surface area (Å²) >= 11 is 0. The van der Waals surface area contributed by atoms with Crippen molar-refractivity contribution in [2.75, 3.05) is 6.54 Å². The Labute approximate surface area is 114 Å². The molecule has 0 radical (unpaired) electrons. The van der Waals surface area contributed by atoms with Crippen molar-refractivity contribution in [3.8, 4) is 0 Å². The minimum Gasteiger partial charge on any atom is -0.319 e. The average molecular weight is 294 g/mol. The summed E-state index contributed by atoms with van der Waals surface area (Å²) in [6.07, 6.45) is 0.715. The molecule has 7 heteroatoms. The van der Waals surface area contributed by atoms with Gasteiger partial charge in [-0.15, -0.1) is 0 Å². The second-order valence-electron chi connectivity index (χ2n) is 6.21. The quantitative estimate of drug-likeness (QED) is 0.807. The average Bonchev–Trinajstić information content (AvgIpc) is 2.86. The van der Waals surface area contributed by atoms with Crippen LogP contribution in [0.2, 0.25) is 0 Å². The summed E-state index contributed by atoms with van der Waals surface area (Å²) in [5.41, 5.74) is -0.731. The first kappa shape index (κ1) is 14.1. The van der Waals surface area contributed by atoms with E-state index in [0.29, 0.717) is 12.8 Å². The van der Waals surface area contributed by atoms with Crippen molar-refractivity contribution in [3.05, 3.63) is 0 Å². The maximum atomic E-state index is 13.3. The molecule has 1 saturated heterocycles. The first-order chi connectivity index (χ1) is 9.36. The topological polar surface area (TPSA) is 32.3 Å². The van der Waals surface area contributed by atoms with Crippen molar-refractivity contribution >= 4 is 5.91 Å². The Hall–Kier alpha value is -0.850. The second kappa shape index (κ2) is 4.58. The van der Waals surface area contributed by atoms with Gasteiger partial charge in [0, 0.05) is 0 Å². The molecule has 1 N–H and O–H groups in total. The fourth-order valence-corrected chi connectivity index (χ4v) is 3.42. The summed E-state index contributed by atoms with van der Waals surface area (Å²) in [5, 5.41) is 3.14. The van der Waals surface area contributed by atoms with E-state index in [2.05, 4.69) is 5.32 Å². The van der Waals surface area contributed by atoms with Crippen LogP contribution in [0.15, 0.2) is 0 Å². The first-order valence-corrected chi connectivity index (χ1v) is 7.10. The van der Waals surface area contributed by atoms with E-state index in [-0.39, 0.29) is 5.92 Å². The van der Waals surface area contributed by atoms with E-state index in [4.69, 9.17) is 0 Å². The maximum absolute atomic E-state index is 13.3. The van der Waals surface area contributed by atoms with Crippen LogP contribution in [0.5, 0.6) is 0 Å². The highest BCUT2D eigenvalue weighted by Gasteiger charge is 2.62. The van der Waals surface area contributed by atoms with Gasteiger partial charge in [-0.2, -0.15) is 8.78 Å². The molecule has 3 nitrogen and oxygen atoms in total. The normalized spacial score (nSPS) is 29.9. The summed E-state index contributed by atoms with van der Waals surface area (Å²) in [5.74, 6) is -4.46. The number of hydrogen-bond acceptors (Lipinski definition) is 2. The lowest BCUT2D eigenvalue weighted by atomic mass is 10.0. The second-order valence-corrected chi connectivity index (χ2v) is 6.21. The lowest BCUT2D eigenvalue weighted by molar-refractivity contribution is -0.158. The first-order valence-electron chi connectivity index (χ1n) is 7.10. The third-order valence-corrected chi connectivity index (χ3v) is 4.73. The zero-order chi connectivity index (χ0) is 14.5. The van der Waals surface area contributed by atoms with Gasteiger partial charge in [-0.1, -0.05) is 12.8 Å². The predicted molar refractivity (Wildman–Crippen MR) is 63.5 cm³/mol. The van der Waals surface area contributed by atoms with Gasteiger partial charge in [0.15, 0.2) is 0 Å². The Kier molecular flexibility index (Phi) is 3.23. The van der Waals surface area contributed by atoms with E-state index in [0.717, 1.165) is 30.6 Å². The molecular weight excluding hydrogens is 276 g/mol. The zero-order valence-corrected chi connectivity index (χ0v) is 11.0. The monoisotopic (exact) mass is 294 g/mol. The van der Waals surface area contributed by atoms with E-state index >= 15 is 0 Å². The van der Waals surface area contributed by atoms with Crippen molar-refractivity contribution in [3.63, 3.8) is 0 Å². The summed E-state index contributed by atoms with van der Waals surface area (Å²) in [6, 6.07) is 0. The molecule has 0 aromatic rings. The molecule has 0 bridgehead atoms. The van der Waals surface area contributed by atoms with Gasteiger partial charge in [0.05, 0.1) is 18.2 Å². The van der Waals surface area contributed by atoms with Crippen LogP contribution in [0.4, 0.5) is 17.6 Å². The number of nitrogens with one attached hydrogen (secondary N) is 1.